The maximum Gasteiger partial charge on any atom is 0.322 e. The number of imide groups is 1. The highest BCUT2D eigenvalue weighted by atomic mass is 19.1. The zero-order valence-electron chi connectivity index (χ0n) is 18.8. The third-order valence-corrected chi connectivity index (χ3v) is 5.50. The molecule has 2 unspecified atom stereocenters. The molecule has 1 fully saturated rings. The predicted molar refractivity (Wildman–Crippen MR) is 121 cm³/mol. The third kappa shape index (κ3) is 6.87. The SMILES string of the molecule is CO/C(C)=C/C(=O)NC(=O)NC1C(F)C1(COCc1ccccc1)COCc1ccccc1. The first kappa shape index (κ1) is 24.4. The van der Waals surface area contributed by atoms with Crippen LogP contribution in [0.5, 0.6) is 0 Å². The summed E-state index contributed by atoms with van der Waals surface area (Å²) in [7, 11) is 1.41. The van der Waals surface area contributed by atoms with E-state index in [0.717, 1.165) is 17.2 Å². The van der Waals surface area contributed by atoms with Crippen molar-refractivity contribution in [1.82, 2.24) is 10.6 Å². The van der Waals surface area contributed by atoms with Crippen molar-refractivity contribution in [2.75, 3.05) is 20.3 Å². The summed E-state index contributed by atoms with van der Waals surface area (Å²) in [4.78, 5) is 24.1. The third-order valence-electron chi connectivity index (χ3n) is 5.50. The minimum Gasteiger partial charge on any atom is -0.501 e. The summed E-state index contributed by atoms with van der Waals surface area (Å²) in [5, 5.41) is 4.68. The average molecular weight is 457 g/mol. The topological polar surface area (TPSA) is 85.9 Å². The number of methoxy groups -OCH3 is 1. The Hall–Kier alpha value is -3.23. The Kier molecular flexibility index (Phi) is 8.57. The van der Waals surface area contributed by atoms with Crippen molar-refractivity contribution in [2.45, 2.75) is 32.4 Å². The van der Waals surface area contributed by atoms with Crippen LogP contribution in [0.1, 0.15) is 18.1 Å². The molecule has 0 spiro atoms. The first-order chi connectivity index (χ1) is 15.9. The molecule has 2 aromatic carbocycles. The molecule has 0 bridgehead atoms. The fraction of sp³-hybridized carbons (Fsp3) is 0.360. The lowest BCUT2D eigenvalue weighted by Crippen LogP contribution is -2.42. The van der Waals surface area contributed by atoms with Crippen molar-refractivity contribution >= 4 is 11.9 Å². The maximum absolute atomic E-state index is 15.0. The van der Waals surface area contributed by atoms with Gasteiger partial charge in [0.1, 0.15) is 6.17 Å². The average Bonchev–Trinajstić information content (AvgIpc) is 3.35. The molecule has 0 heterocycles. The summed E-state index contributed by atoms with van der Waals surface area (Å²) in [6.45, 7) is 2.31. The van der Waals surface area contributed by atoms with Crippen LogP contribution in [0.2, 0.25) is 0 Å². The number of nitrogens with one attached hydrogen (secondary N) is 2. The Morgan fingerprint density at radius 3 is 1.97 bits per heavy atom. The van der Waals surface area contributed by atoms with Crippen molar-refractivity contribution in [3.8, 4) is 0 Å². The van der Waals surface area contributed by atoms with Crippen LogP contribution in [-0.4, -0.2) is 44.5 Å². The number of hydrogen-bond acceptors (Lipinski definition) is 5. The highest BCUT2D eigenvalue weighted by Crippen LogP contribution is 2.49. The minimum absolute atomic E-state index is 0.0550. The Morgan fingerprint density at radius 1 is 0.970 bits per heavy atom. The number of urea groups is 1. The first-order valence-corrected chi connectivity index (χ1v) is 10.7. The second kappa shape index (κ2) is 11.6. The van der Waals surface area contributed by atoms with E-state index in [4.69, 9.17) is 14.2 Å². The molecular formula is C25H29FN2O5. The van der Waals surface area contributed by atoms with E-state index in [1.54, 1.807) is 6.92 Å². The largest absolute Gasteiger partial charge is 0.501 e. The standard InChI is InChI=1S/C25H29FN2O5/c1-18(31-2)13-21(29)27-24(30)28-23-22(26)25(23,16-32-14-19-9-5-3-6-10-19)17-33-15-20-11-7-4-8-12-20/h3-13,22-23H,14-17H2,1-2H3,(H2,27,28,29,30)/b18-13+. The van der Waals surface area contributed by atoms with Gasteiger partial charge in [-0.3, -0.25) is 10.1 Å². The van der Waals surface area contributed by atoms with Gasteiger partial charge in [0.05, 0.1) is 50.8 Å². The lowest BCUT2D eigenvalue weighted by Gasteiger charge is -2.18. The molecule has 7 nitrogen and oxygen atoms in total. The molecule has 0 saturated heterocycles. The van der Waals surface area contributed by atoms with E-state index in [2.05, 4.69) is 10.6 Å². The van der Waals surface area contributed by atoms with Crippen LogP contribution in [0, 0.1) is 5.41 Å². The van der Waals surface area contributed by atoms with Crippen LogP contribution in [-0.2, 0) is 32.2 Å². The van der Waals surface area contributed by atoms with Gasteiger partial charge in [-0.15, -0.1) is 0 Å². The number of benzene rings is 2. The number of carbonyl (C=O) groups excluding carboxylic acids is 2. The van der Waals surface area contributed by atoms with Crippen molar-refractivity contribution in [2.24, 2.45) is 5.41 Å². The fourth-order valence-electron chi connectivity index (χ4n) is 3.47. The molecule has 0 aromatic heterocycles. The van der Waals surface area contributed by atoms with E-state index in [0.29, 0.717) is 19.0 Å². The van der Waals surface area contributed by atoms with Gasteiger partial charge in [-0.25, -0.2) is 9.18 Å². The predicted octanol–water partition coefficient (Wildman–Crippen LogP) is 3.50. The Balaban J connectivity index is 1.59. The Morgan fingerprint density at radius 2 is 1.48 bits per heavy atom. The van der Waals surface area contributed by atoms with Gasteiger partial charge in [0.2, 0.25) is 0 Å². The van der Waals surface area contributed by atoms with Gasteiger partial charge in [0.25, 0.3) is 5.91 Å². The van der Waals surface area contributed by atoms with Gasteiger partial charge in [-0.2, -0.15) is 0 Å². The number of carbonyl (C=O) groups is 2. The van der Waals surface area contributed by atoms with Gasteiger partial charge in [-0.05, 0) is 18.1 Å². The summed E-state index contributed by atoms with van der Waals surface area (Å²) in [6.07, 6.45) is -0.236. The Labute approximate surface area is 192 Å². The zero-order chi connectivity index (χ0) is 23.7. The normalized spacial score (nSPS) is 18.9. The quantitative estimate of drug-likeness (QED) is 0.399. The second-order valence-corrected chi connectivity index (χ2v) is 7.99. The lowest BCUT2D eigenvalue weighted by atomic mass is 10.1. The van der Waals surface area contributed by atoms with Gasteiger partial charge in [0.15, 0.2) is 0 Å². The molecular weight excluding hydrogens is 427 g/mol. The van der Waals surface area contributed by atoms with E-state index >= 15 is 0 Å². The van der Waals surface area contributed by atoms with E-state index in [1.807, 2.05) is 60.7 Å². The van der Waals surface area contributed by atoms with Crippen LogP contribution in [0.25, 0.3) is 0 Å². The zero-order valence-corrected chi connectivity index (χ0v) is 18.8. The summed E-state index contributed by atoms with van der Waals surface area (Å²) < 4.78 is 31.5. The van der Waals surface area contributed by atoms with E-state index in [-0.39, 0.29) is 13.2 Å². The van der Waals surface area contributed by atoms with Gasteiger partial charge in [0, 0.05) is 6.08 Å². The number of amides is 3. The summed E-state index contributed by atoms with van der Waals surface area (Å²) in [5.74, 6) is -0.317. The number of hydrogen-bond donors (Lipinski definition) is 2. The van der Waals surface area contributed by atoms with Crippen molar-refractivity contribution in [3.63, 3.8) is 0 Å². The van der Waals surface area contributed by atoms with Gasteiger partial charge >= 0.3 is 6.03 Å². The molecule has 0 radical (unpaired) electrons. The van der Waals surface area contributed by atoms with Crippen molar-refractivity contribution in [1.29, 1.82) is 0 Å². The van der Waals surface area contributed by atoms with E-state index in [9.17, 15) is 14.0 Å². The summed E-state index contributed by atoms with van der Waals surface area (Å²) in [6, 6.07) is 17.5. The smallest absolute Gasteiger partial charge is 0.322 e. The number of ether oxygens (including phenoxy) is 3. The van der Waals surface area contributed by atoms with Crippen LogP contribution in [0.15, 0.2) is 72.5 Å². The van der Waals surface area contributed by atoms with Crippen molar-refractivity contribution < 1.29 is 28.2 Å². The molecule has 1 aliphatic rings. The molecule has 2 aromatic rings. The number of alkyl halides is 1. The molecule has 2 N–H and O–H groups in total. The summed E-state index contributed by atoms with van der Waals surface area (Å²) >= 11 is 0. The maximum atomic E-state index is 15.0. The number of allylic oxidation sites excluding steroid dienone is 1. The van der Waals surface area contributed by atoms with Gasteiger partial charge in [-0.1, -0.05) is 60.7 Å². The fourth-order valence-corrected chi connectivity index (χ4v) is 3.47. The molecule has 0 aliphatic heterocycles. The van der Waals surface area contributed by atoms with Crippen LogP contribution in [0.4, 0.5) is 9.18 Å². The van der Waals surface area contributed by atoms with Gasteiger partial charge < -0.3 is 19.5 Å². The molecule has 3 rings (SSSR count). The summed E-state index contributed by atoms with van der Waals surface area (Å²) in [5.41, 5.74) is 0.881. The van der Waals surface area contributed by atoms with Crippen LogP contribution in [0.3, 0.4) is 0 Å². The molecule has 1 saturated carbocycles. The molecule has 1 aliphatic carbocycles. The highest BCUT2D eigenvalue weighted by Gasteiger charge is 2.67. The monoisotopic (exact) mass is 456 g/mol. The minimum atomic E-state index is -1.37. The van der Waals surface area contributed by atoms with Crippen LogP contribution < -0.4 is 10.6 Å². The Bertz CT molecular complexity index is 906. The van der Waals surface area contributed by atoms with Crippen molar-refractivity contribution in [3.05, 3.63) is 83.6 Å². The second-order valence-electron chi connectivity index (χ2n) is 7.99. The number of halogens is 1. The molecule has 2 atom stereocenters. The highest BCUT2D eigenvalue weighted by molar-refractivity contribution is 6.00. The van der Waals surface area contributed by atoms with E-state index < -0.39 is 29.6 Å². The number of rotatable bonds is 11. The molecule has 8 heteroatoms. The molecule has 176 valence electrons. The van der Waals surface area contributed by atoms with E-state index in [1.165, 1.54) is 7.11 Å². The first-order valence-electron chi connectivity index (χ1n) is 10.7. The molecule has 33 heavy (non-hydrogen) atoms. The van der Waals surface area contributed by atoms with Crippen LogP contribution >= 0.6 is 0 Å². The lowest BCUT2D eigenvalue weighted by molar-refractivity contribution is -0.115. The molecule has 3 amide bonds.